The van der Waals surface area contributed by atoms with Crippen LogP contribution in [-0.2, 0) is 9.84 Å². The molecule has 1 amide bonds. The number of carbonyl (C=O) groups is 1. The van der Waals surface area contributed by atoms with Crippen LogP contribution in [-0.4, -0.2) is 46.6 Å². The molecule has 8 heteroatoms. The lowest BCUT2D eigenvalue weighted by Gasteiger charge is -2.10. The molecule has 0 spiro atoms. The largest absolute Gasteiger partial charge is 0.348 e. The number of carbonyl (C=O) groups excluding carboxylic acids is 1. The molecule has 116 valence electrons. The Morgan fingerprint density at radius 3 is 2.86 bits per heavy atom. The van der Waals surface area contributed by atoms with E-state index >= 15 is 0 Å². The molecule has 1 aliphatic heterocycles. The zero-order chi connectivity index (χ0) is 15.7. The second-order valence-electron chi connectivity index (χ2n) is 5.32. The molecule has 1 N–H and O–H groups in total. The summed E-state index contributed by atoms with van der Waals surface area (Å²) in [5.41, 5.74) is 1.09. The average Bonchev–Trinajstić information content (AvgIpc) is 3.02. The van der Waals surface area contributed by atoms with Crippen molar-refractivity contribution >= 4 is 15.7 Å². The predicted octanol–water partition coefficient (Wildman–Crippen LogP) is 0.493. The molecule has 2 aromatic rings. The summed E-state index contributed by atoms with van der Waals surface area (Å²) in [7, 11) is -3.02. The summed E-state index contributed by atoms with van der Waals surface area (Å²) in [4.78, 5) is 16.5. The Labute approximate surface area is 128 Å². The van der Waals surface area contributed by atoms with E-state index < -0.39 is 9.84 Å². The first kappa shape index (κ1) is 14.7. The Morgan fingerprint density at radius 2 is 2.23 bits per heavy atom. The summed E-state index contributed by atoms with van der Waals surface area (Å²) >= 11 is 0. The Kier molecular flexibility index (Phi) is 3.69. The third kappa shape index (κ3) is 2.87. The molecule has 0 aliphatic carbocycles. The Balaban J connectivity index is 1.78. The van der Waals surface area contributed by atoms with Gasteiger partial charge in [0, 0.05) is 12.2 Å². The van der Waals surface area contributed by atoms with Crippen LogP contribution in [0.1, 0.15) is 22.5 Å². The Morgan fingerprint density at radius 1 is 1.41 bits per heavy atom. The van der Waals surface area contributed by atoms with Crippen molar-refractivity contribution in [2.24, 2.45) is 0 Å². The third-order valence-corrected chi connectivity index (χ3v) is 5.46. The van der Waals surface area contributed by atoms with Gasteiger partial charge in [0.1, 0.15) is 0 Å². The van der Waals surface area contributed by atoms with Crippen molar-refractivity contribution in [1.29, 1.82) is 0 Å². The highest BCUT2D eigenvalue weighted by atomic mass is 32.2. The molecule has 1 fully saturated rings. The van der Waals surface area contributed by atoms with Gasteiger partial charge >= 0.3 is 0 Å². The molecule has 1 atom stereocenters. The van der Waals surface area contributed by atoms with Gasteiger partial charge in [-0.15, -0.1) is 0 Å². The average molecular weight is 320 g/mol. The summed E-state index contributed by atoms with van der Waals surface area (Å²) in [6.45, 7) is 1.78. The minimum absolute atomic E-state index is 0.00612. The van der Waals surface area contributed by atoms with E-state index in [4.69, 9.17) is 0 Å². The van der Waals surface area contributed by atoms with E-state index in [1.54, 1.807) is 29.9 Å². The van der Waals surface area contributed by atoms with E-state index in [9.17, 15) is 13.2 Å². The van der Waals surface area contributed by atoms with Gasteiger partial charge in [-0.2, -0.15) is 5.10 Å². The molecule has 0 aromatic carbocycles. The number of hydrogen-bond donors (Lipinski definition) is 1. The number of aromatic nitrogens is 3. The molecule has 0 unspecified atom stereocenters. The van der Waals surface area contributed by atoms with Gasteiger partial charge in [0.15, 0.2) is 15.7 Å². The van der Waals surface area contributed by atoms with Crippen molar-refractivity contribution in [3.8, 4) is 5.82 Å². The molecule has 0 saturated carbocycles. The summed E-state index contributed by atoms with van der Waals surface area (Å²) in [5, 5.41) is 6.95. The van der Waals surface area contributed by atoms with E-state index in [0.717, 1.165) is 0 Å². The fourth-order valence-corrected chi connectivity index (χ4v) is 4.19. The standard InChI is InChI=1S/C14H16N4O3S/c1-10-12(8-16-18(10)13-4-2-3-6-15-13)14(19)17-11-5-7-22(20,21)9-11/h2-4,6,8,11H,5,7,9H2,1H3,(H,17,19)/t11-/m1/s1. The number of hydrogen-bond acceptors (Lipinski definition) is 5. The van der Waals surface area contributed by atoms with Crippen LogP contribution in [0.15, 0.2) is 30.6 Å². The molecule has 2 aromatic heterocycles. The first-order chi connectivity index (χ1) is 10.5. The third-order valence-electron chi connectivity index (χ3n) is 3.69. The normalized spacial score (nSPS) is 20.0. The monoisotopic (exact) mass is 320 g/mol. The fraction of sp³-hybridized carbons (Fsp3) is 0.357. The van der Waals surface area contributed by atoms with E-state index in [2.05, 4.69) is 15.4 Å². The lowest BCUT2D eigenvalue weighted by molar-refractivity contribution is 0.0940. The van der Waals surface area contributed by atoms with Crippen molar-refractivity contribution in [2.75, 3.05) is 11.5 Å². The van der Waals surface area contributed by atoms with E-state index in [1.165, 1.54) is 6.20 Å². The highest BCUT2D eigenvalue weighted by Gasteiger charge is 2.29. The molecule has 3 rings (SSSR count). The maximum absolute atomic E-state index is 12.3. The van der Waals surface area contributed by atoms with Gasteiger partial charge in [-0.25, -0.2) is 18.1 Å². The molecule has 7 nitrogen and oxygen atoms in total. The minimum Gasteiger partial charge on any atom is -0.348 e. The van der Waals surface area contributed by atoms with Crippen LogP contribution in [0, 0.1) is 6.92 Å². The van der Waals surface area contributed by atoms with Crippen LogP contribution < -0.4 is 5.32 Å². The Bertz CT molecular complexity index is 799. The smallest absolute Gasteiger partial charge is 0.255 e. The lowest BCUT2D eigenvalue weighted by atomic mass is 10.2. The van der Waals surface area contributed by atoms with Crippen molar-refractivity contribution in [3.63, 3.8) is 0 Å². The number of rotatable bonds is 3. The van der Waals surface area contributed by atoms with Gasteiger partial charge in [-0.1, -0.05) is 6.07 Å². The molecular weight excluding hydrogens is 304 g/mol. The highest BCUT2D eigenvalue weighted by Crippen LogP contribution is 2.15. The zero-order valence-corrected chi connectivity index (χ0v) is 12.9. The van der Waals surface area contributed by atoms with E-state index in [1.807, 2.05) is 6.07 Å². The zero-order valence-electron chi connectivity index (χ0n) is 12.1. The van der Waals surface area contributed by atoms with Gasteiger partial charge in [-0.05, 0) is 25.5 Å². The van der Waals surface area contributed by atoms with Gasteiger partial charge in [0.25, 0.3) is 5.91 Å². The molecule has 0 radical (unpaired) electrons. The van der Waals surface area contributed by atoms with Gasteiger partial charge in [0.2, 0.25) is 0 Å². The van der Waals surface area contributed by atoms with Crippen molar-refractivity contribution < 1.29 is 13.2 Å². The fourth-order valence-electron chi connectivity index (χ4n) is 2.51. The van der Waals surface area contributed by atoms with E-state index in [-0.39, 0.29) is 23.5 Å². The summed E-state index contributed by atoms with van der Waals surface area (Å²) < 4.78 is 24.5. The SMILES string of the molecule is Cc1c(C(=O)N[C@@H]2CCS(=O)(=O)C2)cnn1-c1ccccn1. The maximum atomic E-state index is 12.3. The second kappa shape index (κ2) is 5.53. The summed E-state index contributed by atoms with van der Waals surface area (Å²) in [6, 6.07) is 5.11. The molecule has 0 bridgehead atoms. The molecule has 1 saturated heterocycles. The lowest BCUT2D eigenvalue weighted by Crippen LogP contribution is -2.35. The van der Waals surface area contributed by atoms with Gasteiger partial charge in [-0.3, -0.25) is 4.79 Å². The van der Waals surface area contributed by atoms with Gasteiger partial charge in [0.05, 0.1) is 29.0 Å². The minimum atomic E-state index is -3.02. The second-order valence-corrected chi connectivity index (χ2v) is 7.55. The number of nitrogens with one attached hydrogen (secondary N) is 1. The molecule has 3 heterocycles. The van der Waals surface area contributed by atoms with Crippen LogP contribution in [0.3, 0.4) is 0 Å². The summed E-state index contributed by atoms with van der Waals surface area (Å²) in [5.74, 6) is 0.459. The Hall–Kier alpha value is -2.22. The topological polar surface area (TPSA) is 94.0 Å². The van der Waals surface area contributed by atoms with Crippen LogP contribution in [0.2, 0.25) is 0 Å². The van der Waals surface area contributed by atoms with Crippen LogP contribution in [0.25, 0.3) is 5.82 Å². The quantitative estimate of drug-likeness (QED) is 0.888. The number of nitrogens with zero attached hydrogens (tertiary/aromatic N) is 3. The first-order valence-corrected chi connectivity index (χ1v) is 8.76. The number of pyridine rings is 1. The van der Waals surface area contributed by atoms with Crippen molar-refractivity contribution in [3.05, 3.63) is 41.9 Å². The van der Waals surface area contributed by atoms with Crippen LogP contribution in [0.4, 0.5) is 0 Å². The van der Waals surface area contributed by atoms with Crippen LogP contribution in [0.5, 0.6) is 0 Å². The first-order valence-electron chi connectivity index (χ1n) is 6.93. The molecular formula is C14H16N4O3S. The maximum Gasteiger partial charge on any atom is 0.255 e. The van der Waals surface area contributed by atoms with Crippen molar-refractivity contribution in [1.82, 2.24) is 20.1 Å². The van der Waals surface area contributed by atoms with Crippen molar-refractivity contribution in [2.45, 2.75) is 19.4 Å². The molecule has 1 aliphatic rings. The number of amides is 1. The van der Waals surface area contributed by atoms with Crippen LogP contribution >= 0.6 is 0 Å². The van der Waals surface area contributed by atoms with Gasteiger partial charge < -0.3 is 5.32 Å². The summed E-state index contributed by atoms with van der Waals surface area (Å²) in [6.07, 6.45) is 3.59. The highest BCUT2D eigenvalue weighted by molar-refractivity contribution is 7.91. The van der Waals surface area contributed by atoms with E-state index in [0.29, 0.717) is 23.5 Å². The molecule has 22 heavy (non-hydrogen) atoms. The predicted molar refractivity (Wildman–Crippen MR) is 80.6 cm³/mol. The number of sulfone groups is 1.